The smallest absolute Gasteiger partial charge is 0.0110 e. The van der Waals surface area contributed by atoms with Crippen molar-refractivity contribution in [3.63, 3.8) is 0 Å². The van der Waals surface area contributed by atoms with E-state index in [-0.39, 0.29) is 0 Å². The first kappa shape index (κ1) is 16.3. The molecule has 20 heavy (non-hydrogen) atoms. The van der Waals surface area contributed by atoms with Crippen LogP contribution in [0.4, 0.5) is 0 Å². The summed E-state index contributed by atoms with van der Waals surface area (Å²) in [5, 5.41) is 3.76. The molecule has 0 aromatic heterocycles. The number of piperazine rings is 1. The van der Waals surface area contributed by atoms with Gasteiger partial charge in [-0.25, -0.2) is 0 Å². The summed E-state index contributed by atoms with van der Waals surface area (Å²) in [6.45, 7) is 12.1. The van der Waals surface area contributed by atoms with Crippen LogP contribution in [0.1, 0.15) is 46.0 Å². The van der Waals surface area contributed by atoms with Crippen LogP contribution >= 0.6 is 0 Å². The molecule has 3 unspecified atom stereocenters. The van der Waals surface area contributed by atoms with Gasteiger partial charge in [-0.3, -0.25) is 0 Å². The first-order chi connectivity index (χ1) is 9.72. The van der Waals surface area contributed by atoms with Crippen LogP contribution in [-0.2, 0) is 0 Å². The fourth-order valence-electron chi connectivity index (χ4n) is 4.13. The lowest BCUT2D eigenvalue weighted by Crippen LogP contribution is -2.50. The monoisotopic (exact) mass is 281 g/mol. The number of nitrogens with one attached hydrogen (secondary N) is 1. The summed E-state index contributed by atoms with van der Waals surface area (Å²) < 4.78 is 0. The number of likely N-dealkylation sites (N-methyl/N-ethyl adjacent to an activating group) is 1. The lowest BCUT2D eigenvalue weighted by molar-refractivity contribution is 0.0977. The van der Waals surface area contributed by atoms with Gasteiger partial charge in [0.1, 0.15) is 0 Å². The largest absolute Gasteiger partial charge is 0.314 e. The summed E-state index contributed by atoms with van der Waals surface area (Å²) >= 11 is 0. The Morgan fingerprint density at radius 2 is 1.80 bits per heavy atom. The summed E-state index contributed by atoms with van der Waals surface area (Å²) in [4.78, 5) is 5.17. The highest BCUT2D eigenvalue weighted by atomic mass is 15.2. The molecule has 3 nitrogen and oxygen atoms in total. The van der Waals surface area contributed by atoms with Gasteiger partial charge in [0.05, 0.1) is 0 Å². The molecule has 0 spiro atoms. The summed E-state index contributed by atoms with van der Waals surface area (Å²) in [6.07, 6.45) is 7.11. The molecule has 118 valence electrons. The maximum Gasteiger partial charge on any atom is 0.0110 e. The van der Waals surface area contributed by atoms with Gasteiger partial charge < -0.3 is 15.1 Å². The van der Waals surface area contributed by atoms with Crippen LogP contribution in [0, 0.1) is 11.8 Å². The van der Waals surface area contributed by atoms with E-state index >= 15 is 0 Å². The van der Waals surface area contributed by atoms with E-state index in [1.807, 2.05) is 0 Å². The highest BCUT2D eigenvalue weighted by Crippen LogP contribution is 2.33. The van der Waals surface area contributed by atoms with E-state index in [4.69, 9.17) is 0 Å². The first-order valence-corrected chi connectivity index (χ1v) is 8.87. The highest BCUT2D eigenvalue weighted by Gasteiger charge is 2.31. The number of nitrogens with zero attached hydrogens (tertiary/aromatic N) is 2. The van der Waals surface area contributed by atoms with Gasteiger partial charge in [0.15, 0.2) is 0 Å². The Hall–Kier alpha value is -0.120. The van der Waals surface area contributed by atoms with Crippen molar-refractivity contribution in [2.45, 2.75) is 52.0 Å². The van der Waals surface area contributed by atoms with Crippen LogP contribution in [0.3, 0.4) is 0 Å². The van der Waals surface area contributed by atoms with E-state index in [1.54, 1.807) is 0 Å². The Labute approximate surface area is 126 Å². The lowest BCUT2D eigenvalue weighted by Gasteiger charge is -2.41. The molecule has 2 rings (SSSR count). The topological polar surface area (TPSA) is 18.5 Å². The van der Waals surface area contributed by atoms with Gasteiger partial charge in [-0.1, -0.05) is 26.7 Å². The maximum atomic E-state index is 3.76. The molecule has 0 aromatic carbocycles. The van der Waals surface area contributed by atoms with E-state index in [9.17, 15) is 0 Å². The predicted octanol–water partition coefficient (Wildman–Crippen LogP) is 2.43. The zero-order valence-electron chi connectivity index (χ0n) is 13.9. The van der Waals surface area contributed by atoms with Crippen LogP contribution in [0.2, 0.25) is 0 Å². The second kappa shape index (κ2) is 8.35. The minimum atomic E-state index is 0.771. The van der Waals surface area contributed by atoms with Crippen LogP contribution in [0.25, 0.3) is 0 Å². The fourth-order valence-corrected chi connectivity index (χ4v) is 4.13. The van der Waals surface area contributed by atoms with E-state index in [0.29, 0.717) is 0 Å². The van der Waals surface area contributed by atoms with E-state index in [2.05, 4.69) is 36.0 Å². The van der Waals surface area contributed by atoms with Gasteiger partial charge in [0.25, 0.3) is 0 Å². The van der Waals surface area contributed by atoms with Crippen molar-refractivity contribution in [3.05, 3.63) is 0 Å². The predicted molar refractivity (Wildman–Crippen MR) is 87.1 cm³/mol. The van der Waals surface area contributed by atoms with Crippen molar-refractivity contribution in [1.29, 1.82) is 0 Å². The summed E-state index contributed by atoms with van der Waals surface area (Å²) in [6, 6.07) is 0.771. The Kier molecular flexibility index (Phi) is 6.79. The summed E-state index contributed by atoms with van der Waals surface area (Å²) in [5.74, 6) is 1.87. The molecule has 0 bridgehead atoms. The van der Waals surface area contributed by atoms with Crippen molar-refractivity contribution in [2.24, 2.45) is 11.8 Å². The van der Waals surface area contributed by atoms with Gasteiger partial charge >= 0.3 is 0 Å². The SMILES string of the molecule is CCCC1CCC(NCC)C(CN2CCN(C)CC2)C1. The van der Waals surface area contributed by atoms with Gasteiger partial charge in [0, 0.05) is 38.8 Å². The van der Waals surface area contributed by atoms with Gasteiger partial charge in [-0.15, -0.1) is 0 Å². The molecule has 0 radical (unpaired) electrons. The second-order valence-corrected chi connectivity index (χ2v) is 7.00. The third-order valence-corrected chi connectivity index (χ3v) is 5.34. The Morgan fingerprint density at radius 3 is 2.45 bits per heavy atom. The second-order valence-electron chi connectivity index (χ2n) is 7.00. The molecule has 0 amide bonds. The molecule has 1 aliphatic carbocycles. The summed E-state index contributed by atoms with van der Waals surface area (Å²) in [5.41, 5.74) is 0. The summed E-state index contributed by atoms with van der Waals surface area (Å²) in [7, 11) is 2.25. The third-order valence-electron chi connectivity index (χ3n) is 5.34. The van der Waals surface area contributed by atoms with Crippen molar-refractivity contribution >= 4 is 0 Å². The van der Waals surface area contributed by atoms with Gasteiger partial charge in [-0.05, 0) is 44.7 Å². The van der Waals surface area contributed by atoms with Crippen LogP contribution < -0.4 is 5.32 Å². The number of hydrogen-bond donors (Lipinski definition) is 1. The highest BCUT2D eigenvalue weighted by molar-refractivity contribution is 4.87. The van der Waals surface area contributed by atoms with E-state index in [0.717, 1.165) is 24.4 Å². The Balaban J connectivity index is 1.85. The fraction of sp³-hybridized carbons (Fsp3) is 1.00. The van der Waals surface area contributed by atoms with Crippen molar-refractivity contribution in [1.82, 2.24) is 15.1 Å². The van der Waals surface area contributed by atoms with Gasteiger partial charge in [-0.2, -0.15) is 0 Å². The molecule has 2 aliphatic rings. The molecule has 1 aliphatic heterocycles. The van der Waals surface area contributed by atoms with Crippen LogP contribution in [-0.4, -0.2) is 62.2 Å². The van der Waals surface area contributed by atoms with Gasteiger partial charge in [0.2, 0.25) is 0 Å². The van der Waals surface area contributed by atoms with Crippen molar-refractivity contribution in [2.75, 3.05) is 46.3 Å². The third kappa shape index (κ3) is 4.71. The van der Waals surface area contributed by atoms with E-state index in [1.165, 1.54) is 64.8 Å². The average Bonchev–Trinajstić information content (AvgIpc) is 2.45. The normalized spacial score (nSPS) is 33.5. The lowest BCUT2D eigenvalue weighted by atomic mass is 9.76. The van der Waals surface area contributed by atoms with Crippen molar-refractivity contribution in [3.8, 4) is 0 Å². The standard InChI is InChI=1S/C17H35N3/c1-4-6-15-7-8-17(18-5-2)16(13-15)14-20-11-9-19(3)10-12-20/h15-18H,4-14H2,1-3H3. The molecule has 1 saturated carbocycles. The molecule has 2 fully saturated rings. The number of hydrogen-bond acceptors (Lipinski definition) is 3. The quantitative estimate of drug-likeness (QED) is 0.807. The van der Waals surface area contributed by atoms with Crippen LogP contribution in [0.5, 0.6) is 0 Å². The van der Waals surface area contributed by atoms with Crippen LogP contribution in [0.15, 0.2) is 0 Å². The minimum absolute atomic E-state index is 0.771. The zero-order valence-corrected chi connectivity index (χ0v) is 13.9. The molecule has 3 atom stereocenters. The first-order valence-electron chi connectivity index (χ1n) is 8.87. The molecule has 1 saturated heterocycles. The van der Waals surface area contributed by atoms with Crippen molar-refractivity contribution < 1.29 is 0 Å². The molecular formula is C17H35N3. The van der Waals surface area contributed by atoms with E-state index < -0.39 is 0 Å². The molecule has 1 N–H and O–H groups in total. The molecular weight excluding hydrogens is 246 g/mol. The molecule has 1 heterocycles. The Bertz CT molecular complexity index is 261. The number of rotatable bonds is 6. The minimum Gasteiger partial charge on any atom is -0.314 e. The average molecular weight is 281 g/mol. The zero-order chi connectivity index (χ0) is 14.4. The maximum absolute atomic E-state index is 3.76. The molecule has 0 aromatic rings. The Morgan fingerprint density at radius 1 is 1.05 bits per heavy atom. The molecule has 3 heteroatoms.